The van der Waals surface area contributed by atoms with Crippen LogP contribution in [0.1, 0.15) is 30.6 Å². The molecule has 0 N–H and O–H groups in total. The first-order valence-corrected chi connectivity index (χ1v) is 7.99. The normalized spacial score (nSPS) is 11.7. The standard InChI is InChI=1S/C21H19NO2/c1-3-19(17-7-5-4-6-8-17)24-21-18-13-15(14-22)9-10-16(18)11-12-20(21)23-2/h4-13,19H,3H2,1-2H3. The van der Waals surface area contributed by atoms with Crippen molar-refractivity contribution < 1.29 is 9.47 Å². The van der Waals surface area contributed by atoms with Gasteiger partial charge in [0, 0.05) is 5.39 Å². The highest BCUT2D eigenvalue weighted by Gasteiger charge is 2.17. The summed E-state index contributed by atoms with van der Waals surface area (Å²) in [6.45, 7) is 2.09. The van der Waals surface area contributed by atoms with Gasteiger partial charge in [-0.15, -0.1) is 0 Å². The van der Waals surface area contributed by atoms with E-state index in [0.717, 1.165) is 22.8 Å². The van der Waals surface area contributed by atoms with Crippen molar-refractivity contribution in [2.45, 2.75) is 19.4 Å². The number of fused-ring (bicyclic) bond motifs is 1. The van der Waals surface area contributed by atoms with Crippen LogP contribution in [0.4, 0.5) is 0 Å². The summed E-state index contributed by atoms with van der Waals surface area (Å²) in [4.78, 5) is 0. The zero-order valence-electron chi connectivity index (χ0n) is 13.8. The number of hydrogen-bond donors (Lipinski definition) is 0. The molecular formula is C21H19NO2. The summed E-state index contributed by atoms with van der Waals surface area (Å²) in [5.41, 5.74) is 1.73. The lowest BCUT2D eigenvalue weighted by molar-refractivity contribution is 0.195. The van der Waals surface area contributed by atoms with Gasteiger partial charge in [0.1, 0.15) is 6.10 Å². The van der Waals surface area contributed by atoms with Crippen molar-refractivity contribution in [3.05, 3.63) is 71.8 Å². The molecule has 3 aromatic rings. The molecule has 0 amide bonds. The topological polar surface area (TPSA) is 42.2 Å². The van der Waals surface area contributed by atoms with Crippen LogP contribution in [0.2, 0.25) is 0 Å². The van der Waals surface area contributed by atoms with Gasteiger partial charge in [0.25, 0.3) is 0 Å². The molecule has 3 rings (SSSR count). The molecule has 120 valence electrons. The third kappa shape index (κ3) is 3.04. The molecule has 0 aliphatic rings. The highest BCUT2D eigenvalue weighted by atomic mass is 16.5. The average molecular weight is 317 g/mol. The molecule has 0 aliphatic carbocycles. The molecule has 3 heteroatoms. The van der Waals surface area contributed by atoms with E-state index in [1.807, 2.05) is 48.5 Å². The van der Waals surface area contributed by atoms with Crippen molar-refractivity contribution in [3.63, 3.8) is 0 Å². The van der Waals surface area contributed by atoms with E-state index in [2.05, 4.69) is 25.1 Å². The van der Waals surface area contributed by atoms with Gasteiger partial charge in [-0.3, -0.25) is 0 Å². The van der Waals surface area contributed by atoms with Crippen LogP contribution in [0.15, 0.2) is 60.7 Å². The molecule has 0 heterocycles. The second-order valence-electron chi connectivity index (χ2n) is 5.57. The highest BCUT2D eigenvalue weighted by molar-refractivity contribution is 5.91. The van der Waals surface area contributed by atoms with Gasteiger partial charge in [-0.1, -0.05) is 49.4 Å². The Labute approximate surface area is 142 Å². The summed E-state index contributed by atoms with van der Waals surface area (Å²) in [6, 6.07) is 21.8. The Bertz CT molecular complexity index is 881. The summed E-state index contributed by atoms with van der Waals surface area (Å²) >= 11 is 0. The van der Waals surface area contributed by atoms with Crippen LogP contribution in [0.25, 0.3) is 10.8 Å². The zero-order valence-corrected chi connectivity index (χ0v) is 13.8. The van der Waals surface area contributed by atoms with E-state index in [1.54, 1.807) is 7.11 Å². The first kappa shape index (κ1) is 15.9. The van der Waals surface area contributed by atoms with Crippen molar-refractivity contribution in [2.75, 3.05) is 7.11 Å². The first-order valence-electron chi connectivity index (χ1n) is 7.99. The van der Waals surface area contributed by atoms with Crippen LogP contribution in [0.5, 0.6) is 11.5 Å². The lowest BCUT2D eigenvalue weighted by Crippen LogP contribution is -2.07. The molecule has 0 aliphatic heterocycles. The molecule has 0 fully saturated rings. The minimum Gasteiger partial charge on any atom is -0.493 e. The van der Waals surface area contributed by atoms with Gasteiger partial charge in [-0.05, 0) is 35.6 Å². The molecule has 0 saturated heterocycles. The first-order chi connectivity index (χ1) is 11.8. The predicted molar refractivity (Wildman–Crippen MR) is 95.3 cm³/mol. The van der Waals surface area contributed by atoms with E-state index in [1.165, 1.54) is 0 Å². The molecule has 24 heavy (non-hydrogen) atoms. The largest absolute Gasteiger partial charge is 0.493 e. The van der Waals surface area contributed by atoms with E-state index in [4.69, 9.17) is 9.47 Å². The van der Waals surface area contributed by atoms with Crippen molar-refractivity contribution >= 4 is 10.8 Å². The molecule has 3 nitrogen and oxygen atoms in total. The third-order valence-corrected chi connectivity index (χ3v) is 4.09. The van der Waals surface area contributed by atoms with Crippen LogP contribution >= 0.6 is 0 Å². The monoisotopic (exact) mass is 317 g/mol. The molecule has 1 unspecified atom stereocenters. The Morgan fingerprint density at radius 2 is 1.79 bits per heavy atom. The third-order valence-electron chi connectivity index (χ3n) is 4.09. The second-order valence-corrected chi connectivity index (χ2v) is 5.57. The van der Waals surface area contributed by atoms with Gasteiger partial charge in [0.15, 0.2) is 11.5 Å². The number of ether oxygens (including phenoxy) is 2. The average Bonchev–Trinajstić information content (AvgIpc) is 2.66. The Morgan fingerprint density at radius 1 is 1.04 bits per heavy atom. The number of hydrogen-bond acceptors (Lipinski definition) is 3. The molecule has 0 radical (unpaired) electrons. The van der Waals surface area contributed by atoms with Gasteiger partial charge in [0.05, 0.1) is 18.7 Å². The zero-order chi connectivity index (χ0) is 16.9. The SMILES string of the molecule is CCC(Oc1c(OC)ccc2ccc(C#N)cc12)c1ccccc1. The second kappa shape index (κ2) is 7.06. The molecule has 1 atom stereocenters. The molecular weight excluding hydrogens is 298 g/mol. The van der Waals surface area contributed by atoms with Crippen molar-refractivity contribution in [1.82, 2.24) is 0 Å². The maximum absolute atomic E-state index is 9.20. The summed E-state index contributed by atoms with van der Waals surface area (Å²) in [6.07, 6.45) is 0.762. The molecule has 0 aromatic heterocycles. The molecule has 0 bridgehead atoms. The minimum atomic E-state index is -0.0727. The molecule has 0 saturated carbocycles. The number of nitrogens with zero attached hydrogens (tertiary/aromatic N) is 1. The maximum atomic E-state index is 9.20. The van der Waals surface area contributed by atoms with E-state index in [-0.39, 0.29) is 6.10 Å². The Kier molecular flexibility index (Phi) is 4.67. The smallest absolute Gasteiger partial charge is 0.169 e. The molecule has 0 spiro atoms. The molecule has 3 aromatic carbocycles. The van der Waals surface area contributed by atoms with E-state index < -0.39 is 0 Å². The van der Waals surface area contributed by atoms with Crippen LogP contribution in [0.3, 0.4) is 0 Å². The van der Waals surface area contributed by atoms with Crippen LogP contribution in [-0.4, -0.2) is 7.11 Å². The van der Waals surface area contributed by atoms with Gasteiger partial charge >= 0.3 is 0 Å². The number of rotatable bonds is 5. The van der Waals surface area contributed by atoms with Crippen LogP contribution < -0.4 is 9.47 Å². The fourth-order valence-corrected chi connectivity index (χ4v) is 2.82. The summed E-state index contributed by atoms with van der Waals surface area (Å²) in [7, 11) is 1.63. The number of benzene rings is 3. The van der Waals surface area contributed by atoms with E-state index in [9.17, 15) is 5.26 Å². The van der Waals surface area contributed by atoms with Gasteiger partial charge < -0.3 is 9.47 Å². The van der Waals surface area contributed by atoms with Crippen molar-refractivity contribution in [2.24, 2.45) is 0 Å². The maximum Gasteiger partial charge on any atom is 0.169 e. The number of nitriles is 1. The summed E-state index contributed by atoms with van der Waals surface area (Å²) in [5.74, 6) is 1.36. The Balaban J connectivity index is 2.11. The van der Waals surface area contributed by atoms with Crippen LogP contribution in [-0.2, 0) is 0 Å². The van der Waals surface area contributed by atoms with Gasteiger partial charge in [-0.2, -0.15) is 5.26 Å². The van der Waals surface area contributed by atoms with Crippen molar-refractivity contribution in [1.29, 1.82) is 5.26 Å². The summed E-state index contributed by atoms with van der Waals surface area (Å²) < 4.78 is 11.9. The Hall–Kier alpha value is -2.99. The lowest BCUT2D eigenvalue weighted by Gasteiger charge is -2.21. The fourth-order valence-electron chi connectivity index (χ4n) is 2.82. The van der Waals surface area contributed by atoms with E-state index in [0.29, 0.717) is 17.1 Å². The number of methoxy groups -OCH3 is 1. The van der Waals surface area contributed by atoms with E-state index >= 15 is 0 Å². The lowest BCUT2D eigenvalue weighted by atomic mass is 10.0. The fraction of sp³-hybridized carbons (Fsp3) is 0.190. The highest BCUT2D eigenvalue weighted by Crippen LogP contribution is 2.39. The van der Waals surface area contributed by atoms with Gasteiger partial charge in [-0.25, -0.2) is 0 Å². The van der Waals surface area contributed by atoms with Gasteiger partial charge in [0.2, 0.25) is 0 Å². The summed E-state index contributed by atoms with van der Waals surface area (Å²) in [5, 5.41) is 11.1. The van der Waals surface area contributed by atoms with Crippen molar-refractivity contribution in [3.8, 4) is 17.6 Å². The minimum absolute atomic E-state index is 0.0727. The quantitative estimate of drug-likeness (QED) is 0.645. The van der Waals surface area contributed by atoms with Crippen LogP contribution in [0, 0.1) is 11.3 Å². The predicted octanol–water partition coefficient (Wildman–Crippen LogP) is 5.25. The Morgan fingerprint density at radius 3 is 2.46 bits per heavy atom.